The van der Waals surface area contributed by atoms with Crippen molar-refractivity contribution < 1.29 is 4.42 Å². The second-order valence-electron chi connectivity index (χ2n) is 18.8. The molecule has 346 valence electrons. The third-order valence-electron chi connectivity index (χ3n) is 14.4. The van der Waals surface area contributed by atoms with Crippen molar-refractivity contribution in [3.8, 4) is 95.1 Å². The maximum Gasteiger partial charge on any atom is 0.180 e. The fourth-order valence-electron chi connectivity index (χ4n) is 11.1. The van der Waals surface area contributed by atoms with Crippen LogP contribution >= 0.6 is 0 Å². The first-order valence-electron chi connectivity index (χ1n) is 25.2. The van der Waals surface area contributed by atoms with Crippen LogP contribution in [0.4, 0.5) is 0 Å². The van der Waals surface area contributed by atoms with E-state index >= 15 is 0 Å². The Morgan fingerprint density at radius 2 is 0.676 bits per heavy atom. The van der Waals surface area contributed by atoms with Crippen molar-refractivity contribution >= 4 is 43.9 Å². The van der Waals surface area contributed by atoms with Gasteiger partial charge in [0.15, 0.2) is 11.4 Å². The van der Waals surface area contributed by atoms with E-state index in [9.17, 15) is 0 Å². The quantitative estimate of drug-likeness (QED) is 0.145. The Labute approximate surface area is 428 Å². The minimum Gasteiger partial charge on any atom is -0.452 e. The molecule has 0 saturated heterocycles. The highest BCUT2D eigenvalue weighted by atomic mass is 16.3. The lowest BCUT2D eigenvalue weighted by atomic mass is 9.90. The lowest BCUT2D eigenvalue weighted by Gasteiger charge is -2.24. The van der Waals surface area contributed by atoms with Gasteiger partial charge in [-0.2, -0.15) is 0 Å². The Morgan fingerprint density at radius 3 is 1.12 bits per heavy atom. The van der Waals surface area contributed by atoms with Crippen molar-refractivity contribution in [3.63, 3.8) is 0 Å². The molecule has 4 nitrogen and oxygen atoms in total. The second-order valence-corrected chi connectivity index (χ2v) is 18.8. The van der Waals surface area contributed by atoms with E-state index in [4.69, 9.17) is 14.4 Å². The molecule has 3 aromatic heterocycles. The number of benzene rings is 11. The zero-order valence-corrected chi connectivity index (χ0v) is 40.2. The maximum absolute atomic E-state index is 6.85. The van der Waals surface area contributed by atoms with Crippen molar-refractivity contribution in [2.45, 2.75) is 0 Å². The number of aromatic nitrogens is 3. The van der Waals surface area contributed by atoms with Crippen molar-refractivity contribution in [1.82, 2.24) is 14.5 Å². The van der Waals surface area contributed by atoms with Crippen molar-refractivity contribution in [2.75, 3.05) is 0 Å². The monoisotopic (exact) mass is 943 g/mol. The van der Waals surface area contributed by atoms with Crippen LogP contribution in [-0.4, -0.2) is 14.5 Å². The van der Waals surface area contributed by atoms with Gasteiger partial charge in [0.25, 0.3) is 0 Å². The van der Waals surface area contributed by atoms with Crippen molar-refractivity contribution in [3.05, 3.63) is 273 Å². The number of hydrogen-bond donors (Lipinski definition) is 0. The number of para-hydroxylation sites is 1. The summed E-state index contributed by atoms with van der Waals surface area (Å²) in [6.45, 7) is 0. The molecule has 0 fully saturated rings. The zero-order valence-electron chi connectivity index (χ0n) is 40.2. The van der Waals surface area contributed by atoms with Crippen molar-refractivity contribution in [2.24, 2.45) is 0 Å². The maximum atomic E-state index is 6.85. The Balaban J connectivity index is 1.22. The Hall–Kier alpha value is -9.90. The largest absolute Gasteiger partial charge is 0.452 e. The highest BCUT2D eigenvalue weighted by Crippen LogP contribution is 2.52. The third-order valence-corrected chi connectivity index (χ3v) is 14.4. The third kappa shape index (κ3) is 7.23. The van der Waals surface area contributed by atoms with E-state index in [-0.39, 0.29) is 0 Å². The number of hydrogen-bond acceptors (Lipinski definition) is 3. The number of nitrogens with zero attached hydrogens (tertiary/aromatic N) is 3. The summed E-state index contributed by atoms with van der Waals surface area (Å²) in [5.74, 6) is 0.635. The lowest BCUT2D eigenvalue weighted by molar-refractivity contribution is 0.667. The van der Waals surface area contributed by atoms with Crippen LogP contribution < -0.4 is 0 Å². The van der Waals surface area contributed by atoms with Gasteiger partial charge in [-0.15, -0.1) is 0 Å². The van der Waals surface area contributed by atoms with Gasteiger partial charge in [-0.25, -0.2) is 9.97 Å². The molecular weight excluding hydrogens is 899 g/mol. The molecule has 0 spiro atoms. The number of furan rings is 1. The van der Waals surface area contributed by atoms with Crippen LogP contribution in [0.5, 0.6) is 0 Å². The molecule has 0 amide bonds. The molecule has 0 radical (unpaired) electrons. The molecule has 0 unspecified atom stereocenters. The Kier molecular flexibility index (Phi) is 10.5. The molecule has 14 aromatic rings. The smallest absolute Gasteiger partial charge is 0.180 e. The van der Waals surface area contributed by atoms with Crippen LogP contribution in [0, 0.1) is 0 Å². The van der Waals surface area contributed by atoms with Crippen LogP contribution in [0.1, 0.15) is 0 Å². The first-order chi connectivity index (χ1) is 36.7. The molecule has 0 aliphatic carbocycles. The summed E-state index contributed by atoms with van der Waals surface area (Å²) in [5, 5.41) is 3.26. The molecule has 0 bridgehead atoms. The summed E-state index contributed by atoms with van der Waals surface area (Å²) in [6, 6.07) is 97.7. The lowest BCUT2D eigenvalue weighted by Crippen LogP contribution is -2.05. The van der Waals surface area contributed by atoms with Crippen molar-refractivity contribution in [1.29, 1.82) is 0 Å². The van der Waals surface area contributed by atoms with Crippen LogP contribution in [0.15, 0.2) is 277 Å². The van der Waals surface area contributed by atoms with Crippen LogP contribution in [0.3, 0.4) is 0 Å². The summed E-state index contributed by atoms with van der Waals surface area (Å²) in [7, 11) is 0. The molecule has 4 heteroatoms. The Bertz CT molecular complexity index is 4160. The second kappa shape index (κ2) is 18.1. The minimum absolute atomic E-state index is 0.635. The fourth-order valence-corrected chi connectivity index (χ4v) is 11.1. The van der Waals surface area contributed by atoms with Gasteiger partial charge in [-0.1, -0.05) is 249 Å². The molecule has 11 aromatic carbocycles. The summed E-state index contributed by atoms with van der Waals surface area (Å²) in [5.41, 5.74) is 21.4. The van der Waals surface area contributed by atoms with E-state index in [1.54, 1.807) is 0 Å². The molecule has 0 N–H and O–H groups in total. The van der Waals surface area contributed by atoms with Crippen LogP contribution in [0.25, 0.3) is 139 Å². The van der Waals surface area contributed by atoms with Gasteiger partial charge < -0.3 is 8.98 Å². The van der Waals surface area contributed by atoms with Gasteiger partial charge in [0, 0.05) is 49.5 Å². The molecule has 0 aliphatic heterocycles. The van der Waals surface area contributed by atoms with E-state index in [2.05, 4.69) is 241 Å². The average molecular weight is 944 g/mol. The van der Waals surface area contributed by atoms with E-state index in [1.807, 2.05) is 36.4 Å². The molecule has 0 aliphatic rings. The van der Waals surface area contributed by atoms with E-state index < -0.39 is 0 Å². The minimum atomic E-state index is 0.635. The molecule has 14 rings (SSSR count). The van der Waals surface area contributed by atoms with E-state index in [0.29, 0.717) is 11.4 Å². The molecule has 3 heterocycles. The fraction of sp³-hybridized carbons (Fsp3) is 0. The predicted octanol–water partition coefficient (Wildman–Crippen LogP) is 18.8. The number of fused-ring (bicyclic) bond motifs is 6. The molecule has 0 saturated carbocycles. The molecule has 74 heavy (non-hydrogen) atoms. The summed E-state index contributed by atoms with van der Waals surface area (Å²) >= 11 is 0. The van der Waals surface area contributed by atoms with Gasteiger partial charge in [-0.3, -0.25) is 0 Å². The van der Waals surface area contributed by atoms with Gasteiger partial charge in [0.05, 0.1) is 16.7 Å². The molecular formula is C70H45N3O. The van der Waals surface area contributed by atoms with Crippen LogP contribution in [0.2, 0.25) is 0 Å². The highest BCUT2D eigenvalue weighted by molar-refractivity contribution is 6.22. The number of rotatable bonds is 9. The van der Waals surface area contributed by atoms with Gasteiger partial charge in [-0.05, 0) is 68.8 Å². The molecule has 0 atom stereocenters. The predicted molar refractivity (Wildman–Crippen MR) is 307 cm³/mol. The van der Waals surface area contributed by atoms with Gasteiger partial charge >= 0.3 is 0 Å². The summed E-state index contributed by atoms with van der Waals surface area (Å²) in [4.78, 5) is 10.7. The Morgan fingerprint density at radius 1 is 0.297 bits per heavy atom. The zero-order chi connectivity index (χ0) is 49.0. The van der Waals surface area contributed by atoms with E-state index in [0.717, 1.165) is 128 Å². The van der Waals surface area contributed by atoms with Gasteiger partial charge in [0.1, 0.15) is 16.8 Å². The first kappa shape index (κ1) is 42.9. The van der Waals surface area contributed by atoms with Crippen LogP contribution in [-0.2, 0) is 0 Å². The topological polar surface area (TPSA) is 43.9 Å². The first-order valence-corrected chi connectivity index (χ1v) is 25.2. The highest BCUT2D eigenvalue weighted by Gasteiger charge is 2.29. The standard InChI is InChI=1S/C70H45N3O/c1-8-24-46(25-9-1)54-40-42-56-57-43-41-55(47-26-10-2-11-27-47)63(51-34-18-6-19-35-51)68(57)73(67(56)62(54)50-32-16-5-17-33-50)66-59(48-28-12-3-13-29-48)44-53(45-60(66)49-30-14-4-15-31-49)64-69-65(58-38-22-23-39-61(58)74-69)72-70(71-64)52-36-20-7-21-37-52/h1-45H. The summed E-state index contributed by atoms with van der Waals surface area (Å²) in [6.07, 6.45) is 0. The summed E-state index contributed by atoms with van der Waals surface area (Å²) < 4.78 is 9.47. The normalized spacial score (nSPS) is 11.5. The SMILES string of the molecule is c1ccc(-c2nc(-c3cc(-c4ccccc4)c(-n4c5c(-c6ccccc6)c(-c6ccccc6)ccc5c5ccc(-c6ccccc6)c(-c6ccccc6)c54)c(-c4ccccc4)c3)c3oc4ccccc4c3n2)cc1. The van der Waals surface area contributed by atoms with Gasteiger partial charge in [0.2, 0.25) is 0 Å². The van der Waals surface area contributed by atoms with E-state index in [1.165, 1.54) is 0 Å². The average Bonchev–Trinajstić information content (AvgIpc) is 4.04.